The highest BCUT2D eigenvalue weighted by molar-refractivity contribution is 5.45. The van der Waals surface area contributed by atoms with Crippen molar-refractivity contribution < 1.29 is 9.84 Å². The van der Waals surface area contributed by atoms with E-state index in [9.17, 15) is 5.11 Å². The summed E-state index contributed by atoms with van der Waals surface area (Å²) in [4.78, 5) is 2.38. The second-order valence-electron chi connectivity index (χ2n) is 5.94. The Labute approximate surface area is 122 Å². The number of ether oxygens (including phenoxy) is 1. The molecule has 1 aliphatic rings. The molecule has 1 fully saturated rings. The van der Waals surface area contributed by atoms with Gasteiger partial charge < -0.3 is 9.84 Å². The fourth-order valence-corrected chi connectivity index (χ4v) is 3.30. The summed E-state index contributed by atoms with van der Waals surface area (Å²) in [5, 5.41) is 10.3. The van der Waals surface area contributed by atoms with E-state index in [0.717, 1.165) is 18.0 Å². The molecule has 2 unspecified atom stereocenters. The Balaban J connectivity index is 2.07. The summed E-state index contributed by atoms with van der Waals surface area (Å²) in [5.74, 6) is 1.63. The molecule has 0 aromatic heterocycles. The van der Waals surface area contributed by atoms with Gasteiger partial charge in [-0.15, -0.1) is 0 Å². The van der Waals surface area contributed by atoms with E-state index < -0.39 is 0 Å². The highest BCUT2D eigenvalue weighted by Gasteiger charge is 2.25. The Hall–Kier alpha value is -1.22. The predicted molar refractivity (Wildman–Crippen MR) is 82.2 cm³/mol. The van der Waals surface area contributed by atoms with E-state index in [1.807, 2.05) is 25.1 Å². The van der Waals surface area contributed by atoms with E-state index in [4.69, 9.17) is 4.74 Å². The molecule has 0 radical (unpaired) electrons. The minimum atomic E-state index is 0.296. The number of phenols is 1. The number of benzene rings is 1. The molecule has 2 atom stereocenters. The maximum absolute atomic E-state index is 10.3. The number of hydrogen-bond acceptors (Lipinski definition) is 3. The van der Waals surface area contributed by atoms with Crippen LogP contribution in [-0.4, -0.2) is 29.7 Å². The molecule has 112 valence electrons. The Kier molecular flexibility index (Phi) is 5.30. The van der Waals surface area contributed by atoms with E-state index in [-0.39, 0.29) is 0 Å². The van der Waals surface area contributed by atoms with Crippen LogP contribution in [0.1, 0.15) is 45.1 Å². The Morgan fingerprint density at radius 1 is 1.30 bits per heavy atom. The lowest BCUT2D eigenvalue weighted by molar-refractivity contribution is 0.132. The molecule has 1 aliphatic carbocycles. The van der Waals surface area contributed by atoms with Crippen molar-refractivity contribution in [2.24, 2.45) is 5.92 Å². The van der Waals surface area contributed by atoms with Crippen LogP contribution in [0, 0.1) is 5.92 Å². The fourth-order valence-electron chi connectivity index (χ4n) is 3.30. The second-order valence-corrected chi connectivity index (χ2v) is 5.94. The summed E-state index contributed by atoms with van der Waals surface area (Å²) < 4.78 is 5.46. The first-order valence-electron chi connectivity index (χ1n) is 7.77. The molecular formula is C17H27NO2. The van der Waals surface area contributed by atoms with Crippen LogP contribution in [0.5, 0.6) is 11.5 Å². The Morgan fingerprint density at radius 3 is 2.75 bits per heavy atom. The number of nitrogens with zero attached hydrogens (tertiary/aromatic N) is 1. The third-order valence-corrected chi connectivity index (χ3v) is 4.43. The lowest BCUT2D eigenvalue weighted by Crippen LogP contribution is -2.38. The predicted octanol–water partition coefficient (Wildman–Crippen LogP) is 3.80. The molecule has 3 nitrogen and oxygen atoms in total. The summed E-state index contributed by atoms with van der Waals surface area (Å²) in [5.41, 5.74) is 0.955. The van der Waals surface area contributed by atoms with Crippen LogP contribution in [0.25, 0.3) is 0 Å². The van der Waals surface area contributed by atoms with Crippen molar-refractivity contribution in [1.29, 1.82) is 0 Å². The van der Waals surface area contributed by atoms with Gasteiger partial charge in [-0.1, -0.05) is 31.9 Å². The molecule has 1 aromatic rings. The highest BCUT2D eigenvalue weighted by atomic mass is 16.5. The van der Waals surface area contributed by atoms with Crippen molar-refractivity contribution in [2.45, 2.75) is 52.1 Å². The molecule has 0 saturated heterocycles. The van der Waals surface area contributed by atoms with Gasteiger partial charge in [-0.05, 0) is 38.8 Å². The van der Waals surface area contributed by atoms with E-state index >= 15 is 0 Å². The van der Waals surface area contributed by atoms with Crippen LogP contribution >= 0.6 is 0 Å². The second kappa shape index (κ2) is 6.98. The van der Waals surface area contributed by atoms with Crippen molar-refractivity contribution >= 4 is 0 Å². The Bertz CT molecular complexity index is 433. The van der Waals surface area contributed by atoms with Crippen LogP contribution in [0.2, 0.25) is 0 Å². The van der Waals surface area contributed by atoms with Crippen molar-refractivity contribution in [3.8, 4) is 11.5 Å². The number of aromatic hydroxyl groups is 1. The largest absolute Gasteiger partial charge is 0.504 e. The molecule has 1 saturated carbocycles. The summed E-state index contributed by atoms with van der Waals surface area (Å²) in [6.45, 7) is 5.63. The van der Waals surface area contributed by atoms with Crippen molar-refractivity contribution in [1.82, 2.24) is 4.90 Å². The molecule has 3 heteroatoms. The van der Waals surface area contributed by atoms with Crippen LogP contribution in [0.3, 0.4) is 0 Å². The smallest absolute Gasteiger partial charge is 0.162 e. The molecule has 0 spiro atoms. The van der Waals surface area contributed by atoms with Crippen LogP contribution in [0.4, 0.5) is 0 Å². The first kappa shape index (κ1) is 15.2. The van der Waals surface area contributed by atoms with Gasteiger partial charge in [0.25, 0.3) is 0 Å². The standard InChI is InChI=1S/C17H27NO2/c1-4-20-16-11-7-9-14(17(16)19)12-18(3)15-10-6-5-8-13(15)2/h7,9,11,13,15,19H,4-6,8,10,12H2,1-3H3. The Morgan fingerprint density at radius 2 is 2.05 bits per heavy atom. The van der Waals surface area contributed by atoms with E-state index in [1.54, 1.807) is 0 Å². The zero-order chi connectivity index (χ0) is 14.5. The van der Waals surface area contributed by atoms with Gasteiger partial charge in [0.05, 0.1) is 6.61 Å². The number of hydrogen-bond donors (Lipinski definition) is 1. The molecule has 1 N–H and O–H groups in total. The summed E-state index contributed by atoms with van der Waals surface area (Å²) in [6.07, 6.45) is 5.27. The lowest BCUT2D eigenvalue weighted by atomic mass is 9.85. The number of rotatable bonds is 5. The topological polar surface area (TPSA) is 32.7 Å². The average molecular weight is 277 g/mol. The molecule has 20 heavy (non-hydrogen) atoms. The minimum absolute atomic E-state index is 0.296. The van der Waals surface area contributed by atoms with Gasteiger partial charge in [-0.3, -0.25) is 4.90 Å². The molecule has 0 heterocycles. The normalized spacial score (nSPS) is 23.0. The average Bonchev–Trinajstić information content (AvgIpc) is 2.44. The lowest BCUT2D eigenvalue weighted by Gasteiger charge is -2.36. The summed E-state index contributed by atoms with van der Waals surface area (Å²) in [6, 6.07) is 6.39. The monoisotopic (exact) mass is 277 g/mol. The van der Waals surface area contributed by atoms with E-state index in [2.05, 4.69) is 18.9 Å². The van der Waals surface area contributed by atoms with Crippen molar-refractivity contribution in [3.05, 3.63) is 23.8 Å². The van der Waals surface area contributed by atoms with Crippen molar-refractivity contribution in [3.63, 3.8) is 0 Å². The van der Waals surface area contributed by atoms with Crippen LogP contribution in [-0.2, 0) is 6.54 Å². The van der Waals surface area contributed by atoms with Gasteiger partial charge in [0, 0.05) is 18.2 Å². The van der Waals surface area contributed by atoms with Gasteiger partial charge >= 0.3 is 0 Å². The van der Waals surface area contributed by atoms with Gasteiger partial charge in [0.15, 0.2) is 11.5 Å². The summed E-state index contributed by atoms with van der Waals surface area (Å²) in [7, 11) is 2.17. The third-order valence-electron chi connectivity index (χ3n) is 4.43. The zero-order valence-corrected chi connectivity index (χ0v) is 12.9. The van der Waals surface area contributed by atoms with Crippen molar-refractivity contribution in [2.75, 3.05) is 13.7 Å². The van der Waals surface area contributed by atoms with E-state index in [1.165, 1.54) is 25.7 Å². The molecule has 2 rings (SSSR count). The maximum Gasteiger partial charge on any atom is 0.162 e. The van der Waals surface area contributed by atoms with Crippen LogP contribution in [0.15, 0.2) is 18.2 Å². The first-order valence-corrected chi connectivity index (χ1v) is 7.77. The molecule has 1 aromatic carbocycles. The van der Waals surface area contributed by atoms with Crippen LogP contribution < -0.4 is 4.74 Å². The zero-order valence-electron chi connectivity index (χ0n) is 12.9. The van der Waals surface area contributed by atoms with Gasteiger partial charge in [-0.2, -0.15) is 0 Å². The number of phenolic OH excluding ortho intramolecular Hbond substituents is 1. The molecule has 0 amide bonds. The summed E-state index contributed by atoms with van der Waals surface area (Å²) >= 11 is 0. The fraction of sp³-hybridized carbons (Fsp3) is 0.647. The minimum Gasteiger partial charge on any atom is -0.504 e. The molecule has 0 aliphatic heterocycles. The highest BCUT2D eigenvalue weighted by Crippen LogP contribution is 2.33. The van der Waals surface area contributed by atoms with Gasteiger partial charge in [-0.25, -0.2) is 0 Å². The van der Waals surface area contributed by atoms with Gasteiger partial charge in [0.1, 0.15) is 0 Å². The van der Waals surface area contributed by atoms with E-state index in [0.29, 0.717) is 24.1 Å². The number of para-hydroxylation sites is 1. The SMILES string of the molecule is CCOc1cccc(CN(C)C2CCCCC2C)c1O. The molecule has 0 bridgehead atoms. The quantitative estimate of drug-likeness (QED) is 0.888. The maximum atomic E-state index is 10.3. The third kappa shape index (κ3) is 3.45. The molecular weight excluding hydrogens is 250 g/mol. The van der Waals surface area contributed by atoms with Gasteiger partial charge in [0.2, 0.25) is 0 Å². The first-order chi connectivity index (χ1) is 9.63.